The summed E-state index contributed by atoms with van der Waals surface area (Å²) in [5.41, 5.74) is 5.16. The lowest BCUT2D eigenvalue weighted by Gasteiger charge is -2.38. The molecule has 0 saturated carbocycles. The van der Waals surface area contributed by atoms with Gasteiger partial charge in [-0.25, -0.2) is 0 Å². The molecule has 0 bridgehead atoms. The number of amides is 1. The highest BCUT2D eigenvalue weighted by atomic mass is 35.5. The Morgan fingerprint density at radius 1 is 0.963 bits per heavy atom. The van der Waals surface area contributed by atoms with Gasteiger partial charge in [0.15, 0.2) is 0 Å². The SMILES string of the molecule is Cc1cccc(N2CCN(C(=O)C3Cc4ccccc4CN3)CC2)c1.Cl.Cl. The molecule has 6 heteroatoms. The van der Waals surface area contributed by atoms with Crippen LogP contribution in [0.2, 0.25) is 0 Å². The third kappa shape index (κ3) is 4.75. The van der Waals surface area contributed by atoms with Gasteiger partial charge in [0.05, 0.1) is 6.04 Å². The lowest BCUT2D eigenvalue weighted by molar-refractivity contribution is -0.134. The Labute approximate surface area is 173 Å². The Balaban J connectivity index is 0.00000131. The van der Waals surface area contributed by atoms with Gasteiger partial charge in [0, 0.05) is 38.4 Å². The first kappa shape index (κ1) is 21.5. The summed E-state index contributed by atoms with van der Waals surface area (Å²) in [5.74, 6) is 0.249. The summed E-state index contributed by atoms with van der Waals surface area (Å²) in [6.45, 7) is 6.31. The van der Waals surface area contributed by atoms with Crippen LogP contribution in [0.25, 0.3) is 0 Å². The monoisotopic (exact) mass is 407 g/mol. The van der Waals surface area contributed by atoms with Crippen molar-refractivity contribution >= 4 is 36.4 Å². The van der Waals surface area contributed by atoms with Crippen LogP contribution < -0.4 is 10.2 Å². The first-order chi connectivity index (χ1) is 12.2. The fourth-order valence-corrected chi connectivity index (χ4v) is 3.86. The first-order valence-corrected chi connectivity index (χ1v) is 9.11. The van der Waals surface area contributed by atoms with Crippen LogP contribution in [0.3, 0.4) is 0 Å². The number of hydrogen-bond donors (Lipinski definition) is 1. The molecule has 1 amide bonds. The number of anilines is 1. The van der Waals surface area contributed by atoms with Gasteiger partial charge in [0.2, 0.25) is 5.91 Å². The standard InChI is InChI=1S/C21H25N3O.2ClH/c1-16-5-4-8-19(13-16)23-9-11-24(12-10-23)21(25)20-14-17-6-2-3-7-18(17)15-22-20;;/h2-8,13,20,22H,9-12,14-15H2,1H3;2*1H. The molecule has 146 valence electrons. The van der Waals surface area contributed by atoms with Gasteiger partial charge in [-0.05, 0) is 42.2 Å². The van der Waals surface area contributed by atoms with Crippen molar-refractivity contribution in [3.05, 3.63) is 65.2 Å². The first-order valence-electron chi connectivity index (χ1n) is 9.11. The number of nitrogens with zero attached hydrogens (tertiary/aromatic N) is 2. The molecular weight excluding hydrogens is 381 g/mol. The number of rotatable bonds is 2. The molecule has 1 atom stereocenters. The summed E-state index contributed by atoms with van der Waals surface area (Å²) in [7, 11) is 0. The Kier molecular flexibility index (Phi) is 7.54. The zero-order chi connectivity index (χ0) is 17.2. The molecule has 0 aliphatic carbocycles. The Bertz CT molecular complexity index is 776. The third-order valence-corrected chi connectivity index (χ3v) is 5.34. The second-order valence-electron chi connectivity index (χ2n) is 7.06. The average Bonchev–Trinajstić information content (AvgIpc) is 2.67. The smallest absolute Gasteiger partial charge is 0.240 e. The van der Waals surface area contributed by atoms with Crippen molar-refractivity contribution in [3.63, 3.8) is 0 Å². The summed E-state index contributed by atoms with van der Waals surface area (Å²) < 4.78 is 0. The molecule has 2 aromatic rings. The minimum absolute atomic E-state index is 0. The number of halogens is 2. The number of carbonyl (C=O) groups is 1. The molecule has 4 nitrogen and oxygen atoms in total. The van der Waals surface area contributed by atoms with Crippen molar-refractivity contribution in [2.75, 3.05) is 31.1 Å². The second kappa shape index (κ2) is 9.45. The summed E-state index contributed by atoms with van der Waals surface area (Å²) in [6.07, 6.45) is 0.799. The summed E-state index contributed by atoms with van der Waals surface area (Å²) in [6, 6.07) is 16.9. The normalized spacial score (nSPS) is 18.8. The molecule has 0 spiro atoms. The van der Waals surface area contributed by atoms with Gasteiger partial charge in [-0.15, -0.1) is 24.8 Å². The van der Waals surface area contributed by atoms with Crippen LogP contribution in [-0.4, -0.2) is 43.0 Å². The molecule has 2 aliphatic rings. The molecule has 4 rings (SSSR count). The topological polar surface area (TPSA) is 35.6 Å². The maximum absolute atomic E-state index is 12.9. The van der Waals surface area contributed by atoms with E-state index in [1.54, 1.807) is 0 Å². The minimum Gasteiger partial charge on any atom is -0.368 e. The Hall–Kier alpha value is -1.75. The zero-order valence-corrected chi connectivity index (χ0v) is 17.2. The van der Waals surface area contributed by atoms with Gasteiger partial charge in [-0.2, -0.15) is 0 Å². The Morgan fingerprint density at radius 2 is 1.67 bits per heavy atom. The van der Waals surface area contributed by atoms with Crippen LogP contribution >= 0.6 is 24.8 Å². The minimum atomic E-state index is -0.0829. The number of nitrogens with one attached hydrogen (secondary N) is 1. The predicted octanol–water partition coefficient (Wildman–Crippen LogP) is 3.20. The highest BCUT2D eigenvalue weighted by molar-refractivity contribution is 5.85. The molecule has 0 radical (unpaired) electrons. The molecular formula is C21H27Cl2N3O. The van der Waals surface area contributed by atoms with Crippen LogP contribution in [0, 0.1) is 6.92 Å². The zero-order valence-electron chi connectivity index (χ0n) is 15.6. The maximum atomic E-state index is 12.9. The van der Waals surface area contributed by atoms with E-state index in [4.69, 9.17) is 0 Å². The van der Waals surface area contributed by atoms with E-state index in [1.807, 2.05) is 4.90 Å². The van der Waals surface area contributed by atoms with Gasteiger partial charge < -0.3 is 15.1 Å². The van der Waals surface area contributed by atoms with E-state index in [0.717, 1.165) is 39.1 Å². The van der Waals surface area contributed by atoms with E-state index in [1.165, 1.54) is 22.4 Å². The van der Waals surface area contributed by atoms with Crippen molar-refractivity contribution in [1.82, 2.24) is 10.2 Å². The van der Waals surface area contributed by atoms with Crippen LogP contribution in [0.15, 0.2) is 48.5 Å². The number of hydrogen-bond acceptors (Lipinski definition) is 3. The number of carbonyl (C=O) groups excluding carboxylic acids is 1. The quantitative estimate of drug-likeness (QED) is 0.829. The number of piperazine rings is 1. The van der Waals surface area contributed by atoms with Crippen molar-refractivity contribution < 1.29 is 4.79 Å². The fraction of sp³-hybridized carbons (Fsp3) is 0.381. The van der Waals surface area contributed by atoms with E-state index < -0.39 is 0 Å². The van der Waals surface area contributed by atoms with Crippen LogP contribution in [0.1, 0.15) is 16.7 Å². The number of benzene rings is 2. The molecule has 2 aromatic carbocycles. The molecule has 2 heterocycles. The predicted molar refractivity (Wildman–Crippen MR) is 115 cm³/mol. The molecule has 1 fully saturated rings. The van der Waals surface area contributed by atoms with E-state index in [2.05, 4.69) is 65.7 Å². The molecule has 0 aromatic heterocycles. The van der Waals surface area contributed by atoms with E-state index >= 15 is 0 Å². The summed E-state index contributed by atoms with van der Waals surface area (Å²) >= 11 is 0. The van der Waals surface area contributed by atoms with Crippen LogP contribution in [0.5, 0.6) is 0 Å². The van der Waals surface area contributed by atoms with Gasteiger partial charge in [-0.1, -0.05) is 36.4 Å². The van der Waals surface area contributed by atoms with E-state index in [9.17, 15) is 4.79 Å². The van der Waals surface area contributed by atoms with Crippen molar-refractivity contribution in [3.8, 4) is 0 Å². The van der Waals surface area contributed by atoms with Gasteiger partial charge in [0.1, 0.15) is 0 Å². The average molecular weight is 408 g/mol. The van der Waals surface area contributed by atoms with Gasteiger partial charge in [-0.3, -0.25) is 4.79 Å². The van der Waals surface area contributed by atoms with Crippen molar-refractivity contribution in [2.45, 2.75) is 25.9 Å². The Morgan fingerprint density at radius 3 is 2.37 bits per heavy atom. The number of fused-ring (bicyclic) bond motifs is 1. The molecule has 1 N–H and O–H groups in total. The van der Waals surface area contributed by atoms with Crippen LogP contribution in [0.4, 0.5) is 5.69 Å². The summed E-state index contributed by atoms with van der Waals surface area (Å²) in [4.78, 5) is 17.3. The molecule has 2 aliphatic heterocycles. The highest BCUT2D eigenvalue weighted by Crippen LogP contribution is 2.20. The molecule has 1 saturated heterocycles. The van der Waals surface area contributed by atoms with Gasteiger partial charge >= 0.3 is 0 Å². The fourth-order valence-electron chi connectivity index (χ4n) is 3.86. The van der Waals surface area contributed by atoms with Crippen molar-refractivity contribution in [2.24, 2.45) is 0 Å². The third-order valence-electron chi connectivity index (χ3n) is 5.34. The lowest BCUT2D eigenvalue weighted by Crippen LogP contribution is -2.55. The largest absolute Gasteiger partial charge is 0.368 e. The highest BCUT2D eigenvalue weighted by Gasteiger charge is 2.29. The van der Waals surface area contributed by atoms with Gasteiger partial charge in [0.25, 0.3) is 0 Å². The van der Waals surface area contributed by atoms with Crippen LogP contribution in [-0.2, 0) is 17.8 Å². The van der Waals surface area contributed by atoms with Crippen molar-refractivity contribution in [1.29, 1.82) is 0 Å². The number of aryl methyl sites for hydroxylation is 1. The lowest BCUT2D eigenvalue weighted by atomic mass is 9.95. The maximum Gasteiger partial charge on any atom is 0.240 e. The van der Waals surface area contributed by atoms with E-state index in [-0.39, 0.29) is 36.8 Å². The summed E-state index contributed by atoms with van der Waals surface area (Å²) in [5, 5.41) is 3.42. The van der Waals surface area contributed by atoms with E-state index in [0.29, 0.717) is 0 Å². The molecule has 27 heavy (non-hydrogen) atoms. The molecule has 1 unspecified atom stereocenters. The second-order valence-corrected chi connectivity index (χ2v) is 7.06.